The largest absolute Gasteiger partial charge is 0.487 e. The van der Waals surface area contributed by atoms with Crippen LogP contribution in [-0.2, 0) is 13.7 Å². The Balaban J connectivity index is 1.63. The highest BCUT2D eigenvalue weighted by Crippen LogP contribution is 2.25. The molecule has 0 radical (unpaired) electrons. The molecule has 0 aliphatic carbocycles. The summed E-state index contributed by atoms with van der Waals surface area (Å²) in [4.78, 5) is 16.6. The van der Waals surface area contributed by atoms with E-state index in [-0.39, 0.29) is 5.69 Å². The number of halogens is 2. The maximum Gasteiger partial charge on any atom is 0.284 e. The van der Waals surface area contributed by atoms with Crippen LogP contribution in [0.15, 0.2) is 35.8 Å². The van der Waals surface area contributed by atoms with Crippen LogP contribution < -0.4 is 10.1 Å². The first kappa shape index (κ1) is 18.0. The highest BCUT2D eigenvalue weighted by molar-refractivity contribution is 7.09. The molecule has 2 heterocycles. The lowest BCUT2D eigenvalue weighted by molar-refractivity contribution is 0.102. The van der Waals surface area contributed by atoms with E-state index in [9.17, 15) is 13.6 Å². The van der Waals surface area contributed by atoms with E-state index in [2.05, 4.69) is 15.4 Å². The first-order valence-corrected chi connectivity index (χ1v) is 8.57. The van der Waals surface area contributed by atoms with Crippen molar-refractivity contribution in [3.05, 3.63) is 57.8 Å². The average Bonchev–Trinajstić information content (AvgIpc) is 3.19. The minimum Gasteiger partial charge on any atom is -0.487 e. The van der Waals surface area contributed by atoms with E-state index in [4.69, 9.17) is 4.74 Å². The molecule has 0 saturated carbocycles. The molecule has 26 heavy (non-hydrogen) atoms. The molecule has 1 aromatic carbocycles. The number of benzene rings is 1. The van der Waals surface area contributed by atoms with E-state index in [0.717, 1.165) is 10.7 Å². The van der Waals surface area contributed by atoms with E-state index >= 15 is 0 Å². The second kappa shape index (κ2) is 7.61. The Kier molecular flexibility index (Phi) is 5.27. The predicted molar refractivity (Wildman–Crippen MR) is 93.7 cm³/mol. The molecule has 3 rings (SSSR count). The third kappa shape index (κ3) is 4.23. The molecule has 0 unspecified atom stereocenters. The topological polar surface area (TPSA) is 69.0 Å². The minimum atomic E-state index is -2.77. The highest BCUT2D eigenvalue weighted by Gasteiger charge is 2.19. The molecule has 136 valence electrons. The molecule has 0 fully saturated rings. The van der Waals surface area contributed by atoms with Crippen LogP contribution in [0.1, 0.15) is 33.2 Å². The number of hydrogen-bond acceptors (Lipinski definition) is 5. The fourth-order valence-electron chi connectivity index (χ4n) is 2.29. The van der Waals surface area contributed by atoms with E-state index in [1.54, 1.807) is 35.6 Å². The molecular weight excluding hydrogens is 362 g/mol. The second-order valence-corrected chi connectivity index (χ2v) is 6.59. The van der Waals surface area contributed by atoms with Crippen molar-refractivity contribution in [2.75, 3.05) is 5.32 Å². The van der Waals surface area contributed by atoms with Crippen molar-refractivity contribution in [1.29, 1.82) is 0 Å². The zero-order chi connectivity index (χ0) is 18.7. The third-order valence-corrected chi connectivity index (χ3v) is 4.30. The van der Waals surface area contributed by atoms with E-state index in [1.165, 1.54) is 17.9 Å². The molecule has 3 aromatic rings. The van der Waals surface area contributed by atoms with Gasteiger partial charge in [0.15, 0.2) is 5.69 Å². The number of rotatable bonds is 6. The Morgan fingerprint density at radius 3 is 2.69 bits per heavy atom. The Labute approximate surface area is 152 Å². The lowest BCUT2D eigenvalue weighted by atomic mass is 10.2. The van der Waals surface area contributed by atoms with E-state index in [1.807, 2.05) is 12.3 Å². The van der Waals surface area contributed by atoms with Crippen LogP contribution in [0.3, 0.4) is 0 Å². The Morgan fingerprint density at radius 1 is 1.35 bits per heavy atom. The number of carbonyl (C=O) groups is 1. The Bertz CT molecular complexity index is 906. The summed E-state index contributed by atoms with van der Waals surface area (Å²) < 4.78 is 32.7. The molecule has 0 saturated heterocycles. The van der Waals surface area contributed by atoms with Gasteiger partial charge in [-0.25, -0.2) is 13.8 Å². The summed E-state index contributed by atoms with van der Waals surface area (Å²) >= 11 is 1.55. The highest BCUT2D eigenvalue weighted by atomic mass is 32.1. The molecule has 0 atom stereocenters. The molecule has 1 N–H and O–H groups in total. The molecule has 6 nitrogen and oxygen atoms in total. The number of ether oxygens (including phenoxy) is 1. The smallest absolute Gasteiger partial charge is 0.284 e. The number of aryl methyl sites for hydroxylation is 2. The summed E-state index contributed by atoms with van der Waals surface area (Å²) in [5, 5.41) is 9.00. The van der Waals surface area contributed by atoms with Gasteiger partial charge in [-0.2, -0.15) is 5.10 Å². The number of amides is 1. The van der Waals surface area contributed by atoms with Gasteiger partial charge in [0.2, 0.25) is 0 Å². The van der Waals surface area contributed by atoms with Gasteiger partial charge in [-0.05, 0) is 31.2 Å². The van der Waals surface area contributed by atoms with Gasteiger partial charge in [-0.1, -0.05) is 0 Å². The van der Waals surface area contributed by atoms with Crippen LogP contribution in [0.2, 0.25) is 0 Å². The molecule has 0 bridgehead atoms. The fourth-order valence-corrected chi connectivity index (χ4v) is 2.89. The zero-order valence-corrected chi connectivity index (χ0v) is 14.9. The van der Waals surface area contributed by atoms with Crippen LogP contribution in [0.5, 0.6) is 5.75 Å². The quantitative estimate of drug-likeness (QED) is 0.705. The van der Waals surface area contributed by atoms with Crippen molar-refractivity contribution < 1.29 is 18.3 Å². The number of anilines is 1. The maximum absolute atomic E-state index is 12.9. The summed E-state index contributed by atoms with van der Waals surface area (Å²) in [6.45, 7) is 2.26. The minimum absolute atomic E-state index is 0.00766. The summed E-state index contributed by atoms with van der Waals surface area (Å²) in [5.74, 6) is 0.0865. The van der Waals surface area contributed by atoms with Crippen LogP contribution in [0, 0.1) is 6.92 Å². The van der Waals surface area contributed by atoms with Gasteiger partial charge in [0, 0.05) is 24.2 Å². The molecule has 9 heteroatoms. The van der Waals surface area contributed by atoms with E-state index < -0.39 is 18.0 Å². The first-order valence-electron chi connectivity index (χ1n) is 7.69. The summed E-state index contributed by atoms with van der Waals surface area (Å²) in [6, 6.07) is 6.42. The average molecular weight is 378 g/mol. The van der Waals surface area contributed by atoms with E-state index in [0.29, 0.717) is 17.9 Å². The van der Waals surface area contributed by atoms with Gasteiger partial charge >= 0.3 is 0 Å². The molecule has 0 spiro atoms. The van der Waals surface area contributed by atoms with Gasteiger partial charge in [0.05, 0.1) is 16.4 Å². The fraction of sp³-hybridized carbons (Fsp3) is 0.235. The lowest BCUT2D eigenvalue weighted by Crippen LogP contribution is -2.12. The number of alkyl halides is 2. The lowest BCUT2D eigenvalue weighted by Gasteiger charge is -2.07. The molecule has 0 aliphatic rings. The Hall–Kier alpha value is -2.81. The molecular formula is C17H16F2N4O2S. The van der Waals surface area contributed by atoms with Gasteiger partial charge in [0.1, 0.15) is 12.4 Å². The number of aromatic nitrogens is 3. The number of thiazole rings is 1. The van der Waals surface area contributed by atoms with Crippen LogP contribution >= 0.6 is 11.3 Å². The normalized spacial score (nSPS) is 11.0. The van der Waals surface area contributed by atoms with Crippen LogP contribution in [0.25, 0.3) is 0 Å². The van der Waals surface area contributed by atoms with Crippen LogP contribution in [-0.4, -0.2) is 20.7 Å². The van der Waals surface area contributed by atoms with Crippen LogP contribution in [0.4, 0.5) is 14.5 Å². The summed E-state index contributed by atoms with van der Waals surface area (Å²) in [7, 11) is 1.51. The zero-order valence-electron chi connectivity index (χ0n) is 14.1. The molecule has 2 aromatic heterocycles. The van der Waals surface area contributed by atoms with Gasteiger partial charge in [-0.15, -0.1) is 11.3 Å². The van der Waals surface area contributed by atoms with Crippen molar-refractivity contribution in [2.45, 2.75) is 20.0 Å². The number of nitrogens with zero attached hydrogens (tertiary/aromatic N) is 3. The third-order valence-electron chi connectivity index (χ3n) is 3.48. The van der Waals surface area contributed by atoms with Gasteiger partial charge < -0.3 is 10.1 Å². The van der Waals surface area contributed by atoms with Gasteiger partial charge in [0.25, 0.3) is 12.3 Å². The maximum atomic E-state index is 12.9. The van der Waals surface area contributed by atoms with Crippen molar-refractivity contribution in [3.63, 3.8) is 0 Å². The molecule has 1 amide bonds. The summed E-state index contributed by atoms with van der Waals surface area (Å²) in [6.07, 6.45) is -1.43. The van der Waals surface area contributed by atoms with Crippen molar-refractivity contribution in [1.82, 2.24) is 14.8 Å². The molecule has 0 aliphatic heterocycles. The number of nitrogens with one attached hydrogen (secondary N) is 1. The van der Waals surface area contributed by atoms with Gasteiger partial charge in [-0.3, -0.25) is 9.48 Å². The Morgan fingerprint density at radius 2 is 2.08 bits per heavy atom. The number of hydrogen-bond donors (Lipinski definition) is 1. The second-order valence-electron chi connectivity index (χ2n) is 5.53. The standard InChI is InChI=1S/C17H16F2N4O2S/c1-10-20-12(9-26-10)8-25-13-5-3-11(4-6-13)17(24)21-14-7-23(2)22-15(14)16(18)19/h3-7,9,16H,8H2,1-2H3,(H,21,24). The van der Waals surface area contributed by atoms with Crippen molar-refractivity contribution in [3.8, 4) is 5.75 Å². The number of carbonyl (C=O) groups excluding carboxylic acids is 1. The monoisotopic (exact) mass is 378 g/mol. The summed E-state index contributed by atoms with van der Waals surface area (Å²) in [5.41, 5.74) is 0.697. The predicted octanol–water partition coefficient (Wildman–Crippen LogP) is 3.95. The van der Waals surface area contributed by atoms with Crippen molar-refractivity contribution >= 4 is 22.9 Å². The van der Waals surface area contributed by atoms with Crippen molar-refractivity contribution in [2.24, 2.45) is 7.05 Å². The SMILES string of the molecule is Cc1nc(COc2ccc(C(=O)Nc3cn(C)nc3C(F)F)cc2)cs1. The first-order chi connectivity index (χ1) is 12.4.